The third-order valence-electron chi connectivity index (χ3n) is 3.49. The van der Waals surface area contributed by atoms with E-state index in [4.69, 9.17) is 5.26 Å². The second-order valence-corrected chi connectivity index (χ2v) is 7.32. The van der Waals surface area contributed by atoms with Crippen molar-refractivity contribution in [2.75, 3.05) is 12.4 Å². The molecule has 0 saturated carbocycles. The van der Waals surface area contributed by atoms with E-state index in [2.05, 4.69) is 15.4 Å². The summed E-state index contributed by atoms with van der Waals surface area (Å²) in [6.45, 7) is 0.202. The number of carbonyl (C=O) groups excluding carboxylic acids is 1. The van der Waals surface area contributed by atoms with Crippen LogP contribution in [0.1, 0.15) is 16.7 Å². The minimum atomic E-state index is -3.34. The Morgan fingerprint density at radius 1 is 1.15 bits per heavy atom. The lowest BCUT2D eigenvalue weighted by molar-refractivity contribution is 0.251. The van der Waals surface area contributed by atoms with Crippen LogP contribution < -0.4 is 15.4 Å². The first-order valence-electron chi connectivity index (χ1n) is 7.56. The van der Waals surface area contributed by atoms with Crippen LogP contribution in [0.5, 0.6) is 0 Å². The number of hydrogen-bond donors (Lipinski definition) is 3. The number of anilines is 1. The minimum Gasteiger partial charge on any atom is -0.334 e. The van der Waals surface area contributed by atoms with Crippen molar-refractivity contribution in [3.8, 4) is 6.07 Å². The summed E-state index contributed by atoms with van der Waals surface area (Å²) in [6, 6.07) is 11.5. The summed E-state index contributed by atoms with van der Waals surface area (Å²) in [5, 5.41) is 14.0. The van der Waals surface area contributed by atoms with Crippen molar-refractivity contribution in [3.63, 3.8) is 0 Å². The van der Waals surface area contributed by atoms with Gasteiger partial charge in [0.15, 0.2) is 0 Å². The Hall–Kier alpha value is -2.96. The molecule has 0 fully saturated rings. The highest BCUT2D eigenvalue weighted by Crippen LogP contribution is 2.15. The number of rotatable bonds is 6. The fourth-order valence-electron chi connectivity index (χ4n) is 2.11. The number of benzene rings is 2. The number of halogens is 1. The van der Waals surface area contributed by atoms with Gasteiger partial charge in [-0.25, -0.2) is 22.3 Å². The lowest BCUT2D eigenvalue weighted by Crippen LogP contribution is -2.28. The molecule has 0 aliphatic carbocycles. The lowest BCUT2D eigenvalue weighted by Gasteiger charge is -2.09. The molecule has 7 nitrogen and oxygen atoms in total. The average molecular weight is 376 g/mol. The number of nitrogens with one attached hydrogen (secondary N) is 3. The second kappa shape index (κ2) is 8.42. The van der Waals surface area contributed by atoms with Gasteiger partial charge in [0, 0.05) is 6.54 Å². The fourth-order valence-corrected chi connectivity index (χ4v) is 2.89. The Balaban J connectivity index is 1.93. The number of nitrogens with zero attached hydrogens (tertiary/aromatic N) is 1. The molecule has 0 atom stereocenters. The Morgan fingerprint density at radius 2 is 1.81 bits per heavy atom. The van der Waals surface area contributed by atoms with Crippen molar-refractivity contribution in [3.05, 3.63) is 65.0 Å². The van der Waals surface area contributed by atoms with Crippen LogP contribution in [-0.2, 0) is 22.3 Å². The van der Waals surface area contributed by atoms with Crippen LogP contribution in [0.3, 0.4) is 0 Å². The highest BCUT2D eigenvalue weighted by Gasteiger charge is 2.09. The topological polar surface area (TPSA) is 111 Å². The number of carbonyl (C=O) groups is 1. The molecule has 9 heteroatoms. The standard InChI is InChI=1S/C17H17FN4O3S/c1-20-26(24,25)11-13-4-2-12(3-5-13)10-21-17(23)22-16-7-6-15(18)8-14(16)9-19/h2-8,20H,10-11H2,1H3,(H2,21,22,23). The SMILES string of the molecule is CNS(=O)(=O)Cc1ccc(CNC(=O)Nc2ccc(F)cc2C#N)cc1. The lowest BCUT2D eigenvalue weighted by atomic mass is 10.1. The van der Waals surface area contributed by atoms with Crippen molar-refractivity contribution < 1.29 is 17.6 Å². The second-order valence-electron chi connectivity index (χ2n) is 5.39. The van der Waals surface area contributed by atoms with Gasteiger partial charge in [0.2, 0.25) is 10.0 Å². The normalized spacial score (nSPS) is 10.8. The highest BCUT2D eigenvalue weighted by molar-refractivity contribution is 7.88. The molecule has 3 N–H and O–H groups in total. The van der Waals surface area contributed by atoms with Crippen LogP contribution in [0.25, 0.3) is 0 Å². The molecule has 2 rings (SSSR count). The molecule has 26 heavy (non-hydrogen) atoms. The molecule has 2 aromatic rings. The van der Waals surface area contributed by atoms with Crippen LogP contribution >= 0.6 is 0 Å². The van der Waals surface area contributed by atoms with Crippen LogP contribution in [0, 0.1) is 17.1 Å². The Morgan fingerprint density at radius 3 is 2.42 bits per heavy atom. The molecule has 0 heterocycles. The van der Waals surface area contributed by atoms with Crippen molar-refractivity contribution in [1.29, 1.82) is 5.26 Å². The molecule has 0 aromatic heterocycles. The van der Waals surface area contributed by atoms with Gasteiger partial charge in [0.1, 0.15) is 11.9 Å². The first kappa shape index (κ1) is 19.4. The van der Waals surface area contributed by atoms with Gasteiger partial charge in [0.25, 0.3) is 0 Å². The number of amides is 2. The summed E-state index contributed by atoms with van der Waals surface area (Å²) in [6.07, 6.45) is 0. The molecule has 0 bridgehead atoms. The first-order chi connectivity index (χ1) is 12.3. The Labute approximate surface area is 150 Å². The fraction of sp³-hybridized carbons (Fsp3) is 0.176. The number of sulfonamides is 1. The molecule has 0 spiro atoms. The summed E-state index contributed by atoms with van der Waals surface area (Å²) >= 11 is 0. The van der Waals surface area contributed by atoms with Gasteiger partial charge < -0.3 is 10.6 Å². The van der Waals surface area contributed by atoms with Gasteiger partial charge in [-0.3, -0.25) is 0 Å². The van der Waals surface area contributed by atoms with Crippen LogP contribution in [-0.4, -0.2) is 21.5 Å². The molecule has 0 aliphatic rings. The number of nitriles is 1. The molecule has 0 radical (unpaired) electrons. The van der Waals surface area contributed by atoms with E-state index in [1.54, 1.807) is 24.3 Å². The van der Waals surface area contributed by atoms with Crippen LogP contribution in [0.2, 0.25) is 0 Å². The molecule has 0 aliphatic heterocycles. The molecular formula is C17H17FN4O3S. The molecule has 2 aromatic carbocycles. The van der Waals surface area contributed by atoms with E-state index >= 15 is 0 Å². The minimum absolute atomic E-state index is 0.0234. The largest absolute Gasteiger partial charge is 0.334 e. The van der Waals surface area contributed by atoms with Gasteiger partial charge in [0.05, 0.1) is 17.0 Å². The zero-order chi connectivity index (χ0) is 19.2. The van der Waals surface area contributed by atoms with E-state index in [-0.39, 0.29) is 23.5 Å². The summed E-state index contributed by atoms with van der Waals surface area (Å²) in [7, 11) is -1.99. The van der Waals surface area contributed by atoms with E-state index in [9.17, 15) is 17.6 Å². The summed E-state index contributed by atoms with van der Waals surface area (Å²) in [5.74, 6) is -0.688. The Bertz CT molecular complexity index is 937. The highest BCUT2D eigenvalue weighted by atomic mass is 32.2. The van der Waals surface area contributed by atoms with Crippen molar-refractivity contribution in [2.45, 2.75) is 12.3 Å². The van der Waals surface area contributed by atoms with E-state index < -0.39 is 21.9 Å². The van der Waals surface area contributed by atoms with E-state index in [1.165, 1.54) is 13.1 Å². The number of hydrogen-bond acceptors (Lipinski definition) is 4. The van der Waals surface area contributed by atoms with Crippen molar-refractivity contribution in [2.24, 2.45) is 0 Å². The zero-order valence-electron chi connectivity index (χ0n) is 13.9. The van der Waals surface area contributed by atoms with Gasteiger partial charge >= 0.3 is 6.03 Å². The average Bonchev–Trinajstić information content (AvgIpc) is 2.62. The van der Waals surface area contributed by atoms with Crippen LogP contribution in [0.4, 0.5) is 14.9 Å². The van der Waals surface area contributed by atoms with E-state index in [0.717, 1.165) is 17.7 Å². The van der Waals surface area contributed by atoms with Gasteiger partial charge in [-0.05, 0) is 36.4 Å². The van der Waals surface area contributed by atoms with Gasteiger partial charge in [-0.2, -0.15) is 5.26 Å². The van der Waals surface area contributed by atoms with Gasteiger partial charge in [-0.1, -0.05) is 24.3 Å². The first-order valence-corrected chi connectivity index (χ1v) is 9.22. The predicted molar refractivity (Wildman–Crippen MR) is 95.1 cm³/mol. The molecule has 136 valence electrons. The van der Waals surface area contributed by atoms with E-state index in [0.29, 0.717) is 5.56 Å². The van der Waals surface area contributed by atoms with Gasteiger partial charge in [-0.15, -0.1) is 0 Å². The zero-order valence-corrected chi connectivity index (χ0v) is 14.7. The maximum Gasteiger partial charge on any atom is 0.319 e. The summed E-state index contributed by atoms with van der Waals surface area (Å²) in [5.41, 5.74) is 1.62. The molecule has 2 amide bonds. The van der Waals surface area contributed by atoms with Crippen LogP contribution in [0.15, 0.2) is 42.5 Å². The third-order valence-corrected chi connectivity index (χ3v) is 4.83. The molecular weight excluding hydrogens is 359 g/mol. The predicted octanol–water partition coefficient (Wildman–Crippen LogP) is 2.07. The summed E-state index contributed by atoms with van der Waals surface area (Å²) in [4.78, 5) is 11.9. The smallest absolute Gasteiger partial charge is 0.319 e. The monoisotopic (exact) mass is 376 g/mol. The van der Waals surface area contributed by atoms with Crippen molar-refractivity contribution in [1.82, 2.24) is 10.0 Å². The van der Waals surface area contributed by atoms with Crippen molar-refractivity contribution >= 4 is 21.7 Å². The maximum atomic E-state index is 13.1. The Kier molecular flexibility index (Phi) is 6.27. The molecule has 0 saturated heterocycles. The summed E-state index contributed by atoms with van der Waals surface area (Å²) < 4.78 is 38.3. The quantitative estimate of drug-likeness (QED) is 0.716. The number of urea groups is 1. The third kappa shape index (κ3) is 5.54. The maximum absolute atomic E-state index is 13.1. The molecule has 0 unspecified atom stereocenters. The van der Waals surface area contributed by atoms with E-state index in [1.807, 2.05) is 6.07 Å².